The largest absolute Gasteiger partial charge is 0.396 e. The zero-order valence-electron chi connectivity index (χ0n) is 9.67. The predicted molar refractivity (Wildman–Crippen MR) is 69.0 cm³/mol. The number of aromatic nitrogens is 2. The average molecular weight is 274 g/mol. The van der Waals surface area contributed by atoms with Gasteiger partial charge in [-0.05, 0) is 12.3 Å². The molecule has 1 aromatic heterocycles. The fraction of sp³-hybridized carbons (Fsp3) is 0.600. The molecular weight excluding hydrogens is 258 g/mol. The minimum Gasteiger partial charge on any atom is -0.396 e. The van der Waals surface area contributed by atoms with Gasteiger partial charge in [-0.1, -0.05) is 11.6 Å². The van der Waals surface area contributed by atoms with Crippen LogP contribution in [0.1, 0.15) is 6.42 Å². The molecule has 1 aliphatic carbocycles. The lowest BCUT2D eigenvalue weighted by Crippen LogP contribution is -2.50. The lowest BCUT2D eigenvalue weighted by atomic mass is 9.70. The highest BCUT2D eigenvalue weighted by Gasteiger charge is 2.40. The molecule has 0 amide bonds. The molecule has 1 saturated carbocycles. The molecule has 18 heavy (non-hydrogen) atoms. The molecule has 1 aliphatic rings. The minimum atomic E-state index is -0.0237. The maximum atomic E-state index is 9.25. The maximum absolute atomic E-state index is 9.25. The van der Waals surface area contributed by atoms with Gasteiger partial charge in [0.25, 0.3) is 0 Å². The highest BCUT2D eigenvalue weighted by Crippen LogP contribution is 2.37. The summed E-state index contributed by atoms with van der Waals surface area (Å²) in [5.41, 5.74) is 11.5. The lowest BCUT2D eigenvalue weighted by molar-refractivity contribution is 0.0328. The van der Waals surface area contributed by atoms with E-state index in [2.05, 4.69) is 15.3 Å². The van der Waals surface area contributed by atoms with Crippen LogP contribution in [0.3, 0.4) is 0 Å². The van der Waals surface area contributed by atoms with Gasteiger partial charge in [0.05, 0.1) is 0 Å². The fourth-order valence-corrected chi connectivity index (χ4v) is 2.38. The Hall–Kier alpha value is -1.31. The highest BCUT2D eigenvalue weighted by atomic mass is 35.5. The second kappa shape index (κ2) is 5.13. The van der Waals surface area contributed by atoms with E-state index in [9.17, 15) is 5.11 Å². The quantitative estimate of drug-likeness (QED) is 0.476. The number of nitrogens with one attached hydrogen (secondary N) is 1. The minimum absolute atomic E-state index is 0.000170. The van der Waals surface area contributed by atoms with Gasteiger partial charge < -0.3 is 27.0 Å². The summed E-state index contributed by atoms with van der Waals surface area (Å²) in [4.78, 5) is 7.71. The summed E-state index contributed by atoms with van der Waals surface area (Å²) in [6.07, 6.45) is 0.739. The molecule has 0 aromatic carbocycles. The molecule has 0 aliphatic heterocycles. The highest BCUT2D eigenvalue weighted by molar-refractivity contribution is 6.32. The van der Waals surface area contributed by atoms with Crippen molar-refractivity contribution in [3.05, 3.63) is 5.15 Å². The van der Waals surface area contributed by atoms with Crippen LogP contribution in [0.4, 0.5) is 17.5 Å². The maximum Gasteiger partial charge on any atom is 0.223 e. The number of hydrogen-bond acceptors (Lipinski definition) is 7. The van der Waals surface area contributed by atoms with E-state index in [1.807, 2.05) is 0 Å². The van der Waals surface area contributed by atoms with E-state index < -0.39 is 0 Å². The third kappa shape index (κ3) is 2.29. The first-order valence-electron chi connectivity index (χ1n) is 5.63. The van der Waals surface area contributed by atoms with Crippen molar-refractivity contribution in [1.29, 1.82) is 0 Å². The van der Waals surface area contributed by atoms with Crippen molar-refractivity contribution in [3.8, 4) is 0 Å². The van der Waals surface area contributed by atoms with Crippen LogP contribution in [0, 0.1) is 11.8 Å². The number of nitrogen functional groups attached to an aromatic ring is 2. The first kappa shape index (κ1) is 13.1. The van der Waals surface area contributed by atoms with E-state index >= 15 is 0 Å². The summed E-state index contributed by atoms with van der Waals surface area (Å²) in [5.74, 6) is 0.482. The molecule has 3 unspecified atom stereocenters. The van der Waals surface area contributed by atoms with Crippen molar-refractivity contribution in [1.82, 2.24) is 9.97 Å². The van der Waals surface area contributed by atoms with Gasteiger partial charge in [0.1, 0.15) is 5.69 Å². The second-order valence-corrected chi connectivity index (χ2v) is 4.77. The van der Waals surface area contributed by atoms with Crippen molar-refractivity contribution in [2.24, 2.45) is 11.8 Å². The van der Waals surface area contributed by atoms with Gasteiger partial charge in [-0.15, -0.1) is 0 Å². The lowest BCUT2D eigenvalue weighted by Gasteiger charge is -2.43. The number of anilines is 3. The van der Waals surface area contributed by atoms with E-state index in [4.69, 9.17) is 28.2 Å². The molecule has 0 spiro atoms. The molecular formula is C10H16ClN5O2. The SMILES string of the molecule is Nc1nc(Cl)c(N)c(NC2CC(CO)C2CO)n1. The van der Waals surface area contributed by atoms with Crippen LogP contribution in [0.25, 0.3) is 0 Å². The Labute approximate surface area is 109 Å². The number of nitrogens with zero attached hydrogens (tertiary/aromatic N) is 2. The molecule has 8 heteroatoms. The van der Waals surface area contributed by atoms with Crippen LogP contribution in [0.5, 0.6) is 0 Å². The molecule has 0 radical (unpaired) electrons. The molecule has 1 heterocycles. The van der Waals surface area contributed by atoms with Crippen molar-refractivity contribution in [2.45, 2.75) is 12.5 Å². The molecule has 0 bridgehead atoms. The molecule has 0 saturated heterocycles. The van der Waals surface area contributed by atoms with Crippen LogP contribution in [-0.2, 0) is 0 Å². The van der Waals surface area contributed by atoms with Crippen molar-refractivity contribution < 1.29 is 10.2 Å². The number of aliphatic hydroxyl groups is 2. The Morgan fingerprint density at radius 1 is 1.28 bits per heavy atom. The Balaban J connectivity index is 2.11. The summed E-state index contributed by atoms with van der Waals surface area (Å²) in [6.45, 7) is 0.0582. The Morgan fingerprint density at radius 2 is 2.00 bits per heavy atom. The van der Waals surface area contributed by atoms with Crippen LogP contribution in [0.15, 0.2) is 0 Å². The molecule has 7 nitrogen and oxygen atoms in total. The Morgan fingerprint density at radius 3 is 2.61 bits per heavy atom. The Kier molecular flexibility index (Phi) is 3.74. The van der Waals surface area contributed by atoms with Crippen LogP contribution < -0.4 is 16.8 Å². The molecule has 1 fully saturated rings. The third-order valence-corrected chi connectivity index (χ3v) is 3.65. The Bertz CT molecular complexity index is 445. The van der Waals surface area contributed by atoms with Gasteiger partial charge in [0, 0.05) is 25.2 Å². The van der Waals surface area contributed by atoms with Crippen LogP contribution >= 0.6 is 11.6 Å². The zero-order chi connectivity index (χ0) is 13.3. The number of aliphatic hydroxyl groups excluding tert-OH is 2. The summed E-state index contributed by atoms with van der Waals surface area (Å²) in [6, 6.07) is -0.000170. The molecule has 3 atom stereocenters. The van der Waals surface area contributed by atoms with Gasteiger partial charge in [-0.25, -0.2) is 0 Å². The molecule has 2 rings (SSSR count). The summed E-state index contributed by atoms with van der Waals surface area (Å²) in [7, 11) is 0. The predicted octanol–water partition coefficient (Wildman–Crippen LogP) is -0.304. The number of nitrogens with two attached hydrogens (primary N) is 2. The van der Waals surface area contributed by atoms with E-state index in [1.165, 1.54) is 0 Å². The van der Waals surface area contributed by atoms with Crippen molar-refractivity contribution in [3.63, 3.8) is 0 Å². The second-order valence-electron chi connectivity index (χ2n) is 4.41. The first-order valence-corrected chi connectivity index (χ1v) is 6.01. The zero-order valence-corrected chi connectivity index (χ0v) is 10.4. The summed E-state index contributed by atoms with van der Waals surface area (Å²) < 4.78 is 0. The summed E-state index contributed by atoms with van der Waals surface area (Å²) >= 11 is 5.80. The van der Waals surface area contributed by atoms with Crippen molar-refractivity contribution >= 4 is 29.1 Å². The van der Waals surface area contributed by atoms with Crippen LogP contribution in [0.2, 0.25) is 5.15 Å². The number of rotatable bonds is 4. The normalized spacial score (nSPS) is 26.7. The van der Waals surface area contributed by atoms with Gasteiger partial charge in [0.2, 0.25) is 5.95 Å². The number of hydrogen-bond donors (Lipinski definition) is 5. The standard InChI is InChI=1S/C10H16ClN5O2/c11-8-7(12)9(16-10(13)15-8)14-6-1-4(2-17)5(6)3-18/h4-6,17-18H,1-3,12H2,(H3,13,14,15,16). The van der Waals surface area contributed by atoms with Gasteiger partial charge in [0.15, 0.2) is 11.0 Å². The smallest absolute Gasteiger partial charge is 0.223 e. The monoisotopic (exact) mass is 273 g/mol. The third-order valence-electron chi connectivity index (χ3n) is 3.36. The van der Waals surface area contributed by atoms with Crippen molar-refractivity contribution in [2.75, 3.05) is 30.0 Å². The van der Waals surface area contributed by atoms with E-state index in [-0.39, 0.29) is 47.9 Å². The first-order chi connectivity index (χ1) is 8.56. The van der Waals surface area contributed by atoms with E-state index in [1.54, 1.807) is 0 Å². The van der Waals surface area contributed by atoms with Gasteiger partial charge in [-0.3, -0.25) is 0 Å². The molecule has 7 N–H and O–H groups in total. The fourth-order valence-electron chi connectivity index (χ4n) is 2.20. The molecule has 1 aromatic rings. The topological polar surface area (TPSA) is 130 Å². The van der Waals surface area contributed by atoms with E-state index in [0.717, 1.165) is 6.42 Å². The van der Waals surface area contributed by atoms with E-state index in [0.29, 0.717) is 5.82 Å². The average Bonchev–Trinajstić information content (AvgIpc) is 2.30. The number of halogens is 1. The van der Waals surface area contributed by atoms with Gasteiger partial charge >= 0.3 is 0 Å². The van der Waals surface area contributed by atoms with Gasteiger partial charge in [-0.2, -0.15) is 9.97 Å². The molecule has 100 valence electrons. The van der Waals surface area contributed by atoms with Crippen LogP contribution in [-0.4, -0.2) is 39.4 Å². The summed E-state index contributed by atoms with van der Waals surface area (Å²) in [5, 5.41) is 21.5.